The average Bonchev–Trinajstić information content (AvgIpc) is 2.47. The third-order valence-electron chi connectivity index (χ3n) is 4.18. The van der Waals surface area contributed by atoms with Crippen molar-refractivity contribution >= 4 is 16.7 Å². The third kappa shape index (κ3) is 2.84. The van der Waals surface area contributed by atoms with Crippen molar-refractivity contribution in [3.8, 4) is 0 Å². The second kappa shape index (κ2) is 5.66. The van der Waals surface area contributed by atoms with Crippen LogP contribution in [-0.2, 0) is 11.2 Å². The minimum atomic E-state index is 0.270. The SMILES string of the molecule is CC1CCCN(C(=O)Cc2ccc3ccccc3c2)C1. The van der Waals surface area contributed by atoms with Crippen LogP contribution in [0.5, 0.6) is 0 Å². The summed E-state index contributed by atoms with van der Waals surface area (Å²) in [7, 11) is 0. The first-order valence-corrected chi connectivity index (χ1v) is 7.48. The first-order valence-electron chi connectivity index (χ1n) is 7.48. The minimum absolute atomic E-state index is 0.270. The lowest BCUT2D eigenvalue weighted by atomic mass is 9.99. The number of rotatable bonds is 2. The Morgan fingerprint density at radius 1 is 1.20 bits per heavy atom. The van der Waals surface area contributed by atoms with E-state index in [4.69, 9.17) is 0 Å². The highest BCUT2D eigenvalue weighted by molar-refractivity contribution is 5.85. The molecule has 1 unspecified atom stereocenters. The Hall–Kier alpha value is -1.83. The van der Waals surface area contributed by atoms with Crippen molar-refractivity contribution in [3.63, 3.8) is 0 Å². The summed E-state index contributed by atoms with van der Waals surface area (Å²) in [5.74, 6) is 0.913. The lowest BCUT2D eigenvalue weighted by molar-refractivity contribution is -0.132. The normalized spacial score (nSPS) is 19.2. The van der Waals surface area contributed by atoms with Crippen LogP contribution in [-0.4, -0.2) is 23.9 Å². The quantitative estimate of drug-likeness (QED) is 0.813. The maximum atomic E-state index is 12.4. The van der Waals surface area contributed by atoms with Gasteiger partial charge in [0.2, 0.25) is 5.91 Å². The molecule has 0 saturated carbocycles. The molecule has 2 nitrogen and oxygen atoms in total. The topological polar surface area (TPSA) is 20.3 Å². The standard InChI is InChI=1S/C18H21NO/c1-14-5-4-10-19(13-14)18(20)12-15-8-9-16-6-2-3-7-17(16)11-15/h2-3,6-9,11,14H,4-5,10,12-13H2,1H3. The lowest BCUT2D eigenvalue weighted by Crippen LogP contribution is -2.39. The molecule has 2 heteroatoms. The van der Waals surface area contributed by atoms with Crippen LogP contribution in [0.25, 0.3) is 10.8 Å². The fourth-order valence-corrected chi connectivity index (χ4v) is 3.05. The minimum Gasteiger partial charge on any atom is -0.342 e. The summed E-state index contributed by atoms with van der Waals surface area (Å²) in [6.07, 6.45) is 2.92. The Labute approximate surface area is 120 Å². The van der Waals surface area contributed by atoms with Crippen LogP contribution < -0.4 is 0 Å². The number of benzene rings is 2. The molecule has 1 atom stereocenters. The van der Waals surface area contributed by atoms with Crippen molar-refractivity contribution in [2.24, 2.45) is 5.92 Å². The maximum Gasteiger partial charge on any atom is 0.226 e. The van der Waals surface area contributed by atoms with Crippen LogP contribution in [0.2, 0.25) is 0 Å². The van der Waals surface area contributed by atoms with Crippen molar-refractivity contribution in [1.82, 2.24) is 4.90 Å². The van der Waals surface area contributed by atoms with E-state index in [1.54, 1.807) is 0 Å². The molecule has 104 valence electrons. The molecule has 1 heterocycles. The van der Waals surface area contributed by atoms with Crippen LogP contribution in [0.15, 0.2) is 42.5 Å². The largest absolute Gasteiger partial charge is 0.342 e. The van der Waals surface area contributed by atoms with Gasteiger partial charge in [-0.3, -0.25) is 4.79 Å². The number of amides is 1. The number of likely N-dealkylation sites (tertiary alicyclic amines) is 1. The maximum absolute atomic E-state index is 12.4. The fourth-order valence-electron chi connectivity index (χ4n) is 3.05. The number of carbonyl (C=O) groups is 1. The lowest BCUT2D eigenvalue weighted by Gasteiger charge is -2.31. The van der Waals surface area contributed by atoms with Crippen molar-refractivity contribution in [3.05, 3.63) is 48.0 Å². The summed E-state index contributed by atoms with van der Waals surface area (Å²) in [6, 6.07) is 14.6. The van der Waals surface area contributed by atoms with Crippen LogP contribution in [0.4, 0.5) is 0 Å². The van der Waals surface area contributed by atoms with Crippen molar-refractivity contribution in [2.75, 3.05) is 13.1 Å². The van der Waals surface area contributed by atoms with E-state index in [0.29, 0.717) is 12.3 Å². The summed E-state index contributed by atoms with van der Waals surface area (Å²) in [4.78, 5) is 14.4. The summed E-state index contributed by atoms with van der Waals surface area (Å²) >= 11 is 0. The van der Waals surface area contributed by atoms with E-state index in [0.717, 1.165) is 25.1 Å². The van der Waals surface area contributed by atoms with Crippen LogP contribution in [0, 0.1) is 5.92 Å². The monoisotopic (exact) mass is 267 g/mol. The Morgan fingerprint density at radius 3 is 2.80 bits per heavy atom. The summed E-state index contributed by atoms with van der Waals surface area (Å²) < 4.78 is 0. The van der Waals surface area contributed by atoms with E-state index in [1.807, 2.05) is 17.0 Å². The molecule has 0 spiro atoms. The van der Waals surface area contributed by atoms with E-state index in [2.05, 4.69) is 37.3 Å². The molecule has 0 aromatic heterocycles. The predicted octanol–water partition coefficient (Wildman–Crippen LogP) is 3.64. The highest BCUT2D eigenvalue weighted by atomic mass is 16.2. The Kier molecular flexibility index (Phi) is 3.72. The first-order chi connectivity index (χ1) is 9.72. The molecule has 0 N–H and O–H groups in total. The molecule has 20 heavy (non-hydrogen) atoms. The van der Waals surface area contributed by atoms with Crippen molar-refractivity contribution in [2.45, 2.75) is 26.2 Å². The zero-order valence-electron chi connectivity index (χ0n) is 12.0. The molecule has 1 aliphatic rings. The van der Waals surface area contributed by atoms with Crippen LogP contribution >= 0.6 is 0 Å². The molecular weight excluding hydrogens is 246 g/mol. The van der Waals surface area contributed by atoms with Gasteiger partial charge in [-0.2, -0.15) is 0 Å². The molecule has 1 fully saturated rings. The zero-order chi connectivity index (χ0) is 13.9. The van der Waals surface area contributed by atoms with E-state index < -0.39 is 0 Å². The predicted molar refractivity (Wildman–Crippen MR) is 82.6 cm³/mol. The van der Waals surface area contributed by atoms with Gasteiger partial charge in [0.05, 0.1) is 6.42 Å². The summed E-state index contributed by atoms with van der Waals surface area (Å²) in [5, 5.41) is 2.44. The van der Waals surface area contributed by atoms with Gasteiger partial charge >= 0.3 is 0 Å². The van der Waals surface area contributed by atoms with E-state index >= 15 is 0 Å². The number of hydrogen-bond donors (Lipinski definition) is 0. The molecule has 1 saturated heterocycles. The van der Waals surface area contributed by atoms with Gasteiger partial charge in [0.1, 0.15) is 0 Å². The van der Waals surface area contributed by atoms with Gasteiger partial charge in [-0.1, -0.05) is 49.4 Å². The second-order valence-corrected chi connectivity index (χ2v) is 5.95. The molecular formula is C18H21NO. The van der Waals surface area contributed by atoms with Gasteiger partial charge in [0.25, 0.3) is 0 Å². The zero-order valence-corrected chi connectivity index (χ0v) is 12.0. The van der Waals surface area contributed by atoms with E-state index in [9.17, 15) is 4.79 Å². The number of carbonyl (C=O) groups excluding carboxylic acids is 1. The Balaban J connectivity index is 1.73. The molecule has 1 aliphatic heterocycles. The molecule has 3 rings (SSSR count). The fraction of sp³-hybridized carbons (Fsp3) is 0.389. The smallest absolute Gasteiger partial charge is 0.226 e. The van der Waals surface area contributed by atoms with E-state index in [1.165, 1.54) is 17.2 Å². The number of nitrogens with zero attached hydrogens (tertiary/aromatic N) is 1. The molecule has 1 amide bonds. The first kappa shape index (κ1) is 13.2. The van der Waals surface area contributed by atoms with Gasteiger partial charge in [-0.25, -0.2) is 0 Å². The Bertz CT molecular complexity index is 620. The number of piperidine rings is 1. The van der Waals surface area contributed by atoms with Gasteiger partial charge in [-0.15, -0.1) is 0 Å². The summed E-state index contributed by atoms with van der Waals surface area (Å²) in [6.45, 7) is 4.08. The average molecular weight is 267 g/mol. The van der Waals surface area contributed by atoms with Gasteiger partial charge < -0.3 is 4.90 Å². The van der Waals surface area contributed by atoms with Crippen LogP contribution in [0.1, 0.15) is 25.3 Å². The molecule has 2 aromatic carbocycles. The summed E-state index contributed by atoms with van der Waals surface area (Å²) in [5.41, 5.74) is 1.12. The van der Waals surface area contributed by atoms with Gasteiger partial charge in [0, 0.05) is 13.1 Å². The van der Waals surface area contributed by atoms with Crippen molar-refractivity contribution in [1.29, 1.82) is 0 Å². The van der Waals surface area contributed by atoms with Crippen molar-refractivity contribution < 1.29 is 4.79 Å². The number of hydrogen-bond acceptors (Lipinski definition) is 1. The molecule has 0 radical (unpaired) electrons. The molecule has 0 aliphatic carbocycles. The number of fused-ring (bicyclic) bond motifs is 1. The van der Waals surface area contributed by atoms with E-state index in [-0.39, 0.29) is 5.91 Å². The molecule has 0 bridgehead atoms. The third-order valence-corrected chi connectivity index (χ3v) is 4.18. The van der Waals surface area contributed by atoms with Gasteiger partial charge in [-0.05, 0) is 35.1 Å². The highest BCUT2D eigenvalue weighted by Crippen LogP contribution is 2.19. The van der Waals surface area contributed by atoms with Gasteiger partial charge in [0.15, 0.2) is 0 Å². The molecule has 2 aromatic rings. The second-order valence-electron chi connectivity index (χ2n) is 5.95. The highest BCUT2D eigenvalue weighted by Gasteiger charge is 2.20. The Morgan fingerprint density at radius 2 is 2.00 bits per heavy atom. The van der Waals surface area contributed by atoms with Crippen LogP contribution in [0.3, 0.4) is 0 Å².